The number of nitriles is 1. The van der Waals surface area contributed by atoms with Crippen molar-refractivity contribution in [2.24, 2.45) is 0 Å². The lowest BCUT2D eigenvalue weighted by molar-refractivity contribution is 0.177. The van der Waals surface area contributed by atoms with Crippen LogP contribution in [-0.2, 0) is 11.3 Å². The number of thiophene rings is 1. The summed E-state index contributed by atoms with van der Waals surface area (Å²) in [6.07, 6.45) is 0. The Morgan fingerprint density at radius 1 is 1.59 bits per heavy atom. The van der Waals surface area contributed by atoms with Crippen molar-refractivity contribution < 1.29 is 4.74 Å². The molecule has 0 aliphatic heterocycles. The Morgan fingerprint density at radius 2 is 2.41 bits per heavy atom. The Hall–Kier alpha value is -1.97. The summed E-state index contributed by atoms with van der Waals surface area (Å²) in [4.78, 5) is 19.7. The van der Waals surface area contributed by atoms with Gasteiger partial charge < -0.3 is 9.72 Å². The van der Waals surface area contributed by atoms with E-state index in [1.165, 1.54) is 24.5 Å². The molecule has 0 unspecified atom stereocenters. The quantitative estimate of drug-likeness (QED) is 0.891. The zero-order chi connectivity index (χ0) is 12.3. The van der Waals surface area contributed by atoms with E-state index in [-0.39, 0.29) is 12.2 Å². The van der Waals surface area contributed by atoms with Crippen LogP contribution in [0.25, 0.3) is 10.6 Å². The summed E-state index contributed by atoms with van der Waals surface area (Å²) >= 11 is 1.30. The molecule has 0 saturated heterocycles. The van der Waals surface area contributed by atoms with Gasteiger partial charge in [-0.15, -0.1) is 11.3 Å². The molecule has 0 bridgehead atoms. The van der Waals surface area contributed by atoms with Crippen molar-refractivity contribution in [3.63, 3.8) is 0 Å². The molecule has 0 aliphatic rings. The largest absolute Gasteiger partial charge is 0.377 e. The first kappa shape index (κ1) is 11.5. The van der Waals surface area contributed by atoms with Crippen molar-refractivity contribution in [1.29, 1.82) is 5.26 Å². The third-order valence-electron chi connectivity index (χ3n) is 2.04. The zero-order valence-electron chi connectivity index (χ0n) is 9.06. The Labute approximate surface area is 101 Å². The first-order chi connectivity index (χ1) is 8.22. The molecule has 0 aromatic carbocycles. The van der Waals surface area contributed by atoms with Crippen LogP contribution in [0.4, 0.5) is 0 Å². The number of ether oxygens (including phenoxy) is 1. The second kappa shape index (κ2) is 4.91. The van der Waals surface area contributed by atoms with E-state index in [9.17, 15) is 4.79 Å². The maximum absolute atomic E-state index is 11.4. The van der Waals surface area contributed by atoms with Gasteiger partial charge in [-0.3, -0.25) is 4.79 Å². The van der Waals surface area contributed by atoms with Crippen LogP contribution < -0.4 is 5.56 Å². The molecule has 0 radical (unpaired) electrons. The van der Waals surface area contributed by atoms with Gasteiger partial charge in [-0.1, -0.05) is 0 Å². The zero-order valence-corrected chi connectivity index (χ0v) is 9.87. The van der Waals surface area contributed by atoms with E-state index in [0.29, 0.717) is 16.4 Å². The average molecular weight is 247 g/mol. The number of H-pyrrole nitrogens is 1. The number of methoxy groups -OCH3 is 1. The Kier molecular flexibility index (Phi) is 3.32. The summed E-state index contributed by atoms with van der Waals surface area (Å²) in [6.45, 7) is 0.250. The molecular formula is C11H9N3O2S. The molecule has 2 rings (SSSR count). The highest BCUT2D eigenvalue weighted by atomic mass is 32.1. The average Bonchev–Trinajstić information content (AvgIpc) is 2.77. The molecule has 86 valence electrons. The summed E-state index contributed by atoms with van der Waals surface area (Å²) in [5, 5.41) is 8.74. The van der Waals surface area contributed by atoms with Crippen LogP contribution >= 0.6 is 11.3 Å². The number of aromatic nitrogens is 2. The molecule has 2 aromatic rings. The number of rotatable bonds is 3. The smallest absolute Gasteiger partial charge is 0.251 e. The molecule has 5 nitrogen and oxygen atoms in total. The van der Waals surface area contributed by atoms with Gasteiger partial charge >= 0.3 is 0 Å². The molecular weight excluding hydrogens is 238 g/mol. The Balaban J connectivity index is 2.45. The van der Waals surface area contributed by atoms with Crippen LogP contribution in [-0.4, -0.2) is 17.1 Å². The van der Waals surface area contributed by atoms with E-state index in [1.807, 2.05) is 0 Å². The van der Waals surface area contributed by atoms with E-state index >= 15 is 0 Å². The molecule has 0 saturated carbocycles. The van der Waals surface area contributed by atoms with Crippen molar-refractivity contribution in [3.05, 3.63) is 39.3 Å². The predicted molar refractivity (Wildman–Crippen MR) is 63.6 cm³/mol. The second-order valence-electron chi connectivity index (χ2n) is 3.29. The third kappa shape index (κ3) is 2.58. The minimum absolute atomic E-state index is 0.228. The number of hydrogen-bond donors (Lipinski definition) is 1. The summed E-state index contributed by atoms with van der Waals surface area (Å²) in [6, 6.07) is 6.95. The number of nitrogens with zero attached hydrogens (tertiary/aromatic N) is 2. The Bertz CT molecular complexity index is 624. The minimum Gasteiger partial charge on any atom is -0.377 e. The molecule has 2 heterocycles. The maximum atomic E-state index is 11.4. The SMILES string of the molecule is COCc1nc(-c2ccc(C#N)s2)cc(=O)[nH]1. The highest BCUT2D eigenvalue weighted by Gasteiger charge is 2.06. The van der Waals surface area contributed by atoms with Gasteiger partial charge in [-0.25, -0.2) is 4.98 Å². The summed E-state index contributed by atoms with van der Waals surface area (Å²) in [5.74, 6) is 0.474. The van der Waals surface area contributed by atoms with Gasteiger partial charge in [-0.05, 0) is 12.1 Å². The number of hydrogen-bond acceptors (Lipinski definition) is 5. The van der Waals surface area contributed by atoms with Crippen LogP contribution in [0.5, 0.6) is 0 Å². The summed E-state index contributed by atoms with van der Waals surface area (Å²) in [5.41, 5.74) is 0.334. The van der Waals surface area contributed by atoms with Crippen molar-refractivity contribution >= 4 is 11.3 Å². The van der Waals surface area contributed by atoms with Gasteiger partial charge in [0.25, 0.3) is 5.56 Å². The lowest BCUT2D eigenvalue weighted by Crippen LogP contribution is -2.11. The lowest BCUT2D eigenvalue weighted by atomic mass is 10.3. The monoisotopic (exact) mass is 247 g/mol. The van der Waals surface area contributed by atoms with E-state index in [0.717, 1.165) is 4.88 Å². The van der Waals surface area contributed by atoms with Crippen LogP contribution in [0.15, 0.2) is 23.0 Å². The topological polar surface area (TPSA) is 78.8 Å². The highest BCUT2D eigenvalue weighted by molar-refractivity contribution is 7.15. The van der Waals surface area contributed by atoms with Gasteiger partial charge in [0.05, 0.1) is 10.6 Å². The highest BCUT2D eigenvalue weighted by Crippen LogP contribution is 2.25. The molecule has 0 fully saturated rings. The van der Waals surface area contributed by atoms with Crippen molar-refractivity contribution in [1.82, 2.24) is 9.97 Å². The maximum Gasteiger partial charge on any atom is 0.251 e. The summed E-state index contributed by atoms with van der Waals surface area (Å²) in [7, 11) is 1.53. The molecule has 0 aliphatic carbocycles. The number of aromatic amines is 1. The van der Waals surface area contributed by atoms with E-state index < -0.39 is 0 Å². The van der Waals surface area contributed by atoms with Crippen LogP contribution in [0.2, 0.25) is 0 Å². The van der Waals surface area contributed by atoms with E-state index in [4.69, 9.17) is 10.00 Å². The van der Waals surface area contributed by atoms with Crippen LogP contribution in [0.1, 0.15) is 10.7 Å². The fraction of sp³-hybridized carbons (Fsp3) is 0.182. The molecule has 0 spiro atoms. The molecule has 6 heteroatoms. The lowest BCUT2D eigenvalue weighted by Gasteiger charge is -2.01. The van der Waals surface area contributed by atoms with Gasteiger partial charge in [0.15, 0.2) is 0 Å². The predicted octanol–water partition coefficient (Wildman–Crippen LogP) is 1.52. The minimum atomic E-state index is -0.228. The van der Waals surface area contributed by atoms with Crippen molar-refractivity contribution in [3.8, 4) is 16.6 Å². The van der Waals surface area contributed by atoms with Gasteiger partial charge in [-0.2, -0.15) is 5.26 Å². The van der Waals surface area contributed by atoms with Gasteiger partial charge in [0.2, 0.25) is 0 Å². The van der Waals surface area contributed by atoms with Crippen molar-refractivity contribution in [2.45, 2.75) is 6.61 Å². The molecule has 1 N–H and O–H groups in total. The second-order valence-corrected chi connectivity index (χ2v) is 4.37. The fourth-order valence-corrected chi connectivity index (χ4v) is 2.14. The van der Waals surface area contributed by atoms with Crippen LogP contribution in [0.3, 0.4) is 0 Å². The fourth-order valence-electron chi connectivity index (χ4n) is 1.38. The standard InChI is InChI=1S/C11H9N3O2S/c1-16-6-10-13-8(4-11(15)14-10)9-3-2-7(5-12)17-9/h2-4H,6H2,1H3,(H,13,14,15). The molecule has 17 heavy (non-hydrogen) atoms. The van der Waals surface area contributed by atoms with Crippen molar-refractivity contribution in [2.75, 3.05) is 7.11 Å². The first-order valence-corrected chi connectivity index (χ1v) is 5.64. The molecule has 0 amide bonds. The van der Waals surface area contributed by atoms with E-state index in [1.54, 1.807) is 12.1 Å². The molecule has 2 aromatic heterocycles. The molecule has 0 atom stereocenters. The van der Waals surface area contributed by atoms with Crippen LogP contribution in [0, 0.1) is 11.3 Å². The normalized spacial score (nSPS) is 10.1. The first-order valence-electron chi connectivity index (χ1n) is 4.82. The van der Waals surface area contributed by atoms with Gasteiger partial charge in [0.1, 0.15) is 23.4 Å². The van der Waals surface area contributed by atoms with E-state index in [2.05, 4.69) is 16.0 Å². The van der Waals surface area contributed by atoms with Gasteiger partial charge in [0, 0.05) is 13.2 Å². The Morgan fingerprint density at radius 3 is 3.06 bits per heavy atom. The third-order valence-corrected chi connectivity index (χ3v) is 3.05. The summed E-state index contributed by atoms with van der Waals surface area (Å²) < 4.78 is 4.92. The number of nitrogens with one attached hydrogen (secondary N) is 1.